The first-order chi connectivity index (χ1) is 16.3. The molecule has 2 aromatic rings. The number of likely N-dealkylation sites (tertiary alicyclic amines) is 1. The third-order valence-electron chi connectivity index (χ3n) is 7.10. The number of carbonyl (C=O) groups excluding carboxylic acids is 2. The molecule has 0 aromatic heterocycles. The van der Waals surface area contributed by atoms with Crippen molar-refractivity contribution in [3.63, 3.8) is 0 Å². The first kappa shape index (κ1) is 25.2. The van der Waals surface area contributed by atoms with Crippen molar-refractivity contribution in [1.82, 2.24) is 4.90 Å². The fourth-order valence-corrected chi connectivity index (χ4v) is 6.95. The zero-order valence-corrected chi connectivity index (χ0v) is 21.9. The molecule has 8 heteroatoms. The number of carbonyl (C=O) groups is 2. The maximum atomic E-state index is 13.0. The van der Waals surface area contributed by atoms with Crippen LogP contribution in [0.15, 0.2) is 47.4 Å². The van der Waals surface area contributed by atoms with Gasteiger partial charge in [0.1, 0.15) is 0 Å². The Labute approximate surface area is 207 Å². The van der Waals surface area contributed by atoms with Crippen molar-refractivity contribution >= 4 is 27.6 Å². The van der Waals surface area contributed by atoms with E-state index < -0.39 is 16.0 Å². The number of esters is 1. The van der Waals surface area contributed by atoms with Gasteiger partial charge in [0.25, 0.3) is 15.9 Å². The monoisotopic (exact) mass is 498 g/mol. The number of amides is 1. The molecule has 1 saturated heterocycles. The smallest absolute Gasteiger partial charge is 0.338 e. The lowest BCUT2D eigenvalue weighted by Gasteiger charge is -2.39. The van der Waals surface area contributed by atoms with Gasteiger partial charge in [-0.2, -0.15) is 0 Å². The van der Waals surface area contributed by atoms with E-state index in [9.17, 15) is 18.0 Å². The Morgan fingerprint density at radius 2 is 1.74 bits per heavy atom. The lowest BCUT2D eigenvalue weighted by atomic mass is 9.65. The van der Waals surface area contributed by atoms with E-state index >= 15 is 0 Å². The highest BCUT2D eigenvalue weighted by Crippen LogP contribution is 2.52. The van der Waals surface area contributed by atoms with Gasteiger partial charge in [0, 0.05) is 18.3 Å². The molecule has 2 aromatic carbocycles. The second-order valence-corrected chi connectivity index (χ2v) is 12.9. The van der Waals surface area contributed by atoms with Crippen LogP contribution in [0.1, 0.15) is 61.5 Å². The summed E-state index contributed by atoms with van der Waals surface area (Å²) in [6, 6.07) is 11.4. The van der Waals surface area contributed by atoms with Crippen molar-refractivity contribution in [2.24, 2.45) is 10.8 Å². The van der Waals surface area contributed by atoms with Gasteiger partial charge in [-0.15, -0.1) is 0 Å². The SMILES string of the molecule is Cc1ccc(NS(=O)(=O)c2ccc(C)c(C(=O)OCC(=O)N3CC4(C)CC3CC(C)(C)C4)c2)cc1. The maximum absolute atomic E-state index is 13.0. The number of ether oxygens (including phenoxy) is 1. The number of hydrogen-bond donors (Lipinski definition) is 1. The van der Waals surface area contributed by atoms with Crippen LogP contribution in [-0.4, -0.2) is 44.4 Å². The fourth-order valence-electron chi connectivity index (χ4n) is 5.86. The van der Waals surface area contributed by atoms with Gasteiger partial charge in [-0.3, -0.25) is 9.52 Å². The fraction of sp³-hybridized carbons (Fsp3) is 0.481. The zero-order chi connectivity index (χ0) is 25.6. The van der Waals surface area contributed by atoms with Crippen molar-refractivity contribution in [3.05, 3.63) is 59.2 Å². The molecular formula is C27H34N2O5S. The van der Waals surface area contributed by atoms with Crippen molar-refractivity contribution in [3.8, 4) is 0 Å². The number of rotatable bonds is 6. The Morgan fingerprint density at radius 1 is 1.06 bits per heavy atom. The first-order valence-electron chi connectivity index (χ1n) is 11.9. The first-order valence-corrected chi connectivity index (χ1v) is 13.4. The van der Waals surface area contributed by atoms with Gasteiger partial charge in [0.05, 0.1) is 10.5 Å². The Kier molecular flexibility index (Phi) is 6.47. The third-order valence-corrected chi connectivity index (χ3v) is 8.48. The number of aryl methyl sites for hydroxylation is 2. The van der Waals surface area contributed by atoms with Crippen LogP contribution in [0.25, 0.3) is 0 Å². The Balaban J connectivity index is 1.44. The summed E-state index contributed by atoms with van der Waals surface area (Å²) in [7, 11) is -3.90. The molecule has 7 nitrogen and oxygen atoms in total. The summed E-state index contributed by atoms with van der Waals surface area (Å²) in [6.45, 7) is 10.6. The molecule has 2 fully saturated rings. The van der Waals surface area contributed by atoms with E-state index in [-0.39, 0.29) is 39.8 Å². The van der Waals surface area contributed by atoms with Crippen molar-refractivity contribution in [1.29, 1.82) is 0 Å². The average molecular weight is 499 g/mol. The molecule has 1 heterocycles. The largest absolute Gasteiger partial charge is 0.452 e. The van der Waals surface area contributed by atoms with E-state index in [0.29, 0.717) is 17.8 Å². The Hall–Kier alpha value is -2.87. The molecule has 2 aliphatic rings. The molecule has 188 valence electrons. The standard InChI is InChI=1S/C27H34N2O5S/c1-18-6-9-20(10-7-18)28-35(32,33)22-11-8-19(2)23(12-22)25(31)34-15-24(30)29-17-27(5)14-21(29)13-26(3,4)16-27/h6-12,21,28H,13-17H2,1-5H3. The number of nitrogens with one attached hydrogen (secondary N) is 1. The van der Waals surface area contributed by atoms with Crippen molar-refractivity contribution in [2.45, 2.75) is 64.8 Å². The van der Waals surface area contributed by atoms with E-state index in [2.05, 4.69) is 25.5 Å². The Bertz CT molecular complexity index is 1250. The van der Waals surface area contributed by atoms with E-state index in [1.165, 1.54) is 12.1 Å². The highest BCUT2D eigenvalue weighted by atomic mass is 32.2. The van der Waals surface area contributed by atoms with Crippen LogP contribution in [0, 0.1) is 24.7 Å². The number of fused-ring (bicyclic) bond motifs is 2. The number of anilines is 1. The second-order valence-electron chi connectivity index (χ2n) is 11.3. The molecule has 4 rings (SSSR count). The minimum Gasteiger partial charge on any atom is -0.452 e. The molecule has 1 aliphatic heterocycles. The lowest BCUT2D eigenvalue weighted by molar-refractivity contribution is -0.135. The molecule has 0 spiro atoms. The van der Waals surface area contributed by atoms with Crippen LogP contribution in [0.3, 0.4) is 0 Å². The van der Waals surface area contributed by atoms with Crippen LogP contribution in [0.5, 0.6) is 0 Å². The predicted octanol–water partition coefficient (Wildman–Crippen LogP) is 4.69. The number of nitrogens with zero attached hydrogens (tertiary/aromatic N) is 1. The van der Waals surface area contributed by atoms with E-state index in [1.54, 1.807) is 25.1 Å². The molecule has 2 atom stereocenters. The summed E-state index contributed by atoms with van der Waals surface area (Å²) in [5, 5.41) is 0. The molecule has 1 saturated carbocycles. The molecule has 1 N–H and O–H groups in total. The van der Waals surface area contributed by atoms with Crippen LogP contribution >= 0.6 is 0 Å². The topological polar surface area (TPSA) is 92.8 Å². The van der Waals surface area contributed by atoms with Crippen LogP contribution < -0.4 is 4.72 Å². The molecule has 0 radical (unpaired) electrons. The second kappa shape index (κ2) is 8.97. The molecule has 2 unspecified atom stereocenters. The summed E-state index contributed by atoms with van der Waals surface area (Å²) in [5.74, 6) is -0.913. The highest BCUT2D eigenvalue weighted by molar-refractivity contribution is 7.92. The van der Waals surface area contributed by atoms with Crippen LogP contribution in [0.2, 0.25) is 0 Å². The van der Waals surface area contributed by atoms with Gasteiger partial charge in [-0.25, -0.2) is 13.2 Å². The zero-order valence-electron chi connectivity index (χ0n) is 21.1. The maximum Gasteiger partial charge on any atom is 0.338 e. The lowest BCUT2D eigenvalue weighted by Crippen LogP contribution is -2.39. The van der Waals surface area contributed by atoms with Gasteiger partial charge in [0.15, 0.2) is 6.61 Å². The van der Waals surface area contributed by atoms with Crippen LogP contribution in [0.4, 0.5) is 5.69 Å². The molecule has 2 bridgehead atoms. The number of benzene rings is 2. The molecular weight excluding hydrogens is 464 g/mol. The van der Waals surface area contributed by atoms with Crippen LogP contribution in [-0.2, 0) is 19.6 Å². The van der Waals surface area contributed by atoms with E-state index in [0.717, 1.165) is 24.8 Å². The normalized spacial score (nSPS) is 23.1. The van der Waals surface area contributed by atoms with Gasteiger partial charge in [-0.05, 0) is 73.8 Å². The summed E-state index contributed by atoms with van der Waals surface area (Å²) >= 11 is 0. The minimum absolute atomic E-state index is 0.0505. The van der Waals surface area contributed by atoms with Gasteiger partial charge < -0.3 is 9.64 Å². The quantitative estimate of drug-likeness (QED) is 0.584. The van der Waals surface area contributed by atoms with E-state index in [1.807, 2.05) is 24.0 Å². The highest BCUT2D eigenvalue weighted by Gasteiger charge is 2.50. The predicted molar refractivity (Wildman–Crippen MR) is 135 cm³/mol. The van der Waals surface area contributed by atoms with Gasteiger partial charge in [-0.1, -0.05) is 44.5 Å². The van der Waals surface area contributed by atoms with Gasteiger partial charge in [0.2, 0.25) is 0 Å². The summed E-state index contributed by atoms with van der Waals surface area (Å²) < 4.78 is 33.7. The molecule has 1 aliphatic carbocycles. The summed E-state index contributed by atoms with van der Waals surface area (Å²) in [4.78, 5) is 27.6. The van der Waals surface area contributed by atoms with E-state index in [4.69, 9.17) is 4.74 Å². The van der Waals surface area contributed by atoms with Gasteiger partial charge >= 0.3 is 5.97 Å². The average Bonchev–Trinajstić information content (AvgIpc) is 3.02. The third kappa shape index (κ3) is 5.53. The summed E-state index contributed by atoms with van der Waals surface area (Å²) in [6.07, 6.45) is 2.98. The van der Waals surface area contributed by atoms with Crippen molar-refractivity contribution in [2.75, 3.05) is 17.9 Å². The molecule has 1 amide bonds. The molecule has 35 heavy (non-hydrogen) atoms. The van der Waals surface area contributed by atoms with Crippen molar-refractivity contribution < 1.29 is 22.7 Å². The summed E-state index contributed by atoms with van der Waals surface area (Å²) in [5.41, 5.74) is 2.41. The minimum atomic E-state index is -3.90. The number of hydrogen-bond acceptors (Lipinski definition) is 5. The number of sulfonamides is 1. The Morgan fingerprint density at radius 3 is 2.43 bits per heavy atom.